The summed E-state index contributed by atoms with van der Waals surface area (Å²) in [6, 6.07) is 5.89. The molecular weight excluding hydrogens is 394 g/mol. The van der Waals surface area contributed by atoms with E-state index in [0.717, 1.165) is 30.6 Å². The van der Waals surface area contributed by atoms with Gasteiger partial charge in [-0.25, -0.2) is 9.59 Å². The minimum absolute atomic E-state index is 0.139. The largest absolute Gasteiger partial charge is 0.484 e. The van der Waals surface area contributed by atoms with Crippen LogP contribution in [0.25, 0.3) is 0 Å². The van der Waals surface area contributed by atoms with E-state index in [9.17, 15) is 14.4 Å². The van der Waals surface area contributed by atoms with Crippen molar-refractivity contribution in [1.29, 1.82) is 0 Å². The number of anilines is 1. The van der Waals surface area contributed by atoms with Crippen molar-refractivity contribution in [2.24, 2.45) is 0 Å². The van der Waals surface area contributed by atoms with Gasteiger partial charge in [-0.2, -0.15) is 0 Å². The van der Waals surface area contributed by atoms with Crippen LogP contribution in [-0.4, -0.2) is 38.7 Å². The number of benzene rings is 1. The lowest BCUT2D eigenvalue weighted by Crippen LogP contribution is -2.21. The summed E-state index contributed by atoms with van der Waals surface area (Å²) in [7, 11) is 2.49. The number of hydrogen-bond donors (Lipinski definition) is 1. The molecule has 0 spiro atoms. The first kappa shape index (κ1) is 20.9. The first-order chi connectivity index (χ1) is 13.9. The number of fused-ring (bicyclic) bond motifs is 1. The molecule has 0 radical (unpaired) electrons. The number of amides is 1. The molecule has 0 unspecified atom stereocenters. The van der Waals surface area contributed by atoms with Gasteiger partial charge in [0.1, 0.15) is 15.6 Å². The Labute approximate surface area is 173 Å². The fraction of sp³-hybridized carbons (Fsp3) is 0.381. The molecule has 1 aromatic heterocycles. The minimum Gasteiger partial charge on any atom is -0.484 e. The molecule has 0 saturated carbocycles. The Bertz CT molecular complexity index is 949. The number of nitrogens with one attached hydrogen (secondary N) is 1. The maximum atomic E-state index is 12.4. The van der Waals surface area contributed by atoms with Gasteiger partial charge in [-0.15, -0.1) is 11.3 Å². The molecule has 154 valence electrons. The Balaban J connectivity index is 1.71. The standard InChI is InChI=1S/C21H23NO6S/c1-12-17(20(24)26-2)19(29-18(12)21(25)27-3)22-16(23)11-28-15-9-8-13-6-4-5-7-14(13)10-15/h8-10H,4-7,11H2,1-3H3,(H,22,23). The summed E-state index contributed by atoms with van der Waals surface area (Å²) in [5, 5.41) is 2.87. The second kappa shape index (κ2) is 9.09. The Morgan fingerprint density at radius 2 is 1.72 bits per heavy atom. The molecule has 2 aromatic rings. The van der Waals surface area contributed by atoms with Gasteiger partial charge in [-0.1, -0.05) is 6.07 Å². The summed E-state index contributed by atoms with van der Waals surface area (Å²) in [5.41, 5.74) is 3.14. The van der Waals surface area contributed by atoms with E-state index in [1.807, 2.05) is 18.2 Å². The topological polar surface area (TPSA) is 90.9 Å². The van der Waals surface area contributed by atoms with Crippen molar-refractivity contribution >= 4 is 34.2 Å². The number of thiophene rings is 1. The molecule has 1 aliphatic rings. The zero-order chi connectivity index (χ0) is 21.0. The molecule has 0 bridgehead atoms. The third-order valence-corrected chi connectivity index (χ3v) is 6.04. The average molecular weight is 417 g/mol. The van der Waals surface area contributed by atoms with E-state index in [1.165, 1.54) is 31.8 Å². The van der Waals surface area contributed by atoms with Crippen LogP contribution in [0.1, 0.15) is 49.6 Å². The first-order valence-electron chi connectivity index (χ1n) is 9.29. The van der Waals surface area contributed by atoms with Crippen LogP contribution in [0.2, 0.25) is 0 Å². The van der Waals surface area contributed by atoms with Gasteiger partial charge in [-0.05, 0) is 61.4 Å². The summed E-state index contributed by atoms with van der Waals surface area (Å²) in [6.07, 6.45) is 4.46. The predicted molar refractivity (Wildman–Crippen MR) is 109 cm³/mol. The zero-order valence-corrected chi connectivity index (χ0v) is 17.4. The Kier molecular flexibility index (Phi) is 6.53. The number of aryl methyl sites for hydroxylation is 2. The SMILES string of the molecule is COC(=O)c1sc(NC(=O)COc2ccc3c(c2)CCCC3)c(C(=O)OC)c1C. The van der Waals surface area contributed by atoms with Gasteiger partial charge in [0.2, 0.25) is 0 Å². The first-order valence-corrected chi connectivity index (χ1v) is 10.1. The number of esters is 2. The lowest BCUT2D eigenvalue weighted by Gasteiger charge is -2.16. The molecule has 0 fully saturated rings. The third kappa shape index (κ3) is 4.59. The van der Waals surface area contributed by atoms with Crippen molar-refractivity contribution in [2.45, 2.75) is 32.6 Å². The number of rotatable bonds is 6. The van der Waals surface area contributed by atoms with Crippen molar-refractivity contribution in [3.8, 4) is 5.75 Å². The second-order valence-electron chi connectivity index (χ2n) is 6.72. The van der Waals surface area contributed by atoms with E-state index in [1.54, 1.807) is 6.92 Å². The molecule has 1 heterocycles. The minimum atomic E-state index is -0.639. The van der Waals surface area contributed by atoms with Gasteiger partial charge in [0.05, 0.1) is 19.8 Å². The molecule has 8 heteroatoms. The molecule has 3 rings (SSSR count). The van der Waals surface area contributed by atoms with Crippen LogP contribution in [0.4, 0.5) is 5.00 Å². The highest BCUT2D eigenvalue weighted by Crippen LogP contribution is 2.34. The van der Waals surface area contributed by atoms with Crippen molar-refractivity contribution in [2.75, 3.05) is 26.1 Å². The van der Waals surface area contributed by atoms with Crippen LogP contribution in [0.5, 0.6) is 5.75 Å². The van der Waals surface area contributed by atoms with Crippen LogP contribution in [0.3, 0.4) is 0 Å². The van der Waals surface area contributed by atoms with E-state index in [2.05, 4.69) is 5.32 Å². The number of ether oxygens (including phenoxy) is 3. The molecular formula is C21H23NO6S. The monoisotopic (exact) mass is 417 g/mol. The molecule has 1 aliphatic carbocycles. The van der Waals surface area contributed by atoms with Crippen LogP contribution in [0, 0.1) is 6.92 Å². The molecule has 1 amide bonds. The maximum absolute atomic E-state index is 12.4. The Morgan fingerprint density at radius 3 is 2.41 bits per heavy atom. The molecule has 29 heavy (non-hydrogen) atoms. The van der Waals surface area contributed by atoms with E-state index < -0.39 is 17.8 Å². The molecule has 0 aliphatic heterocycles. The van der Waals surface area contributed by atoms with Gasteiger partial charge in [0.15, 0.2) is 6.61 Å². The molecule has 0 saturated heterocycles. The summed E-state index contributed by atoms with van der Waals surface area (Å²) in [4.78, 5) is 36.7. The fourth-order valence-electron chi connectivity index (χ4n) is 3.35. The van der Waals surface area contributed by atoms with Crippen molar-refractivity contribution in [3.63, 3.8) is 0 Å². The highest BCUT2D eigenvalue weighted by Gasteiger charge is 2.26. The van der Waals surface area contributed by atoms with Crippen molar-refractivity contribution < 1.29 is 28.6 Å². The van der Waals surface area contributed by atoms with E-state index in [0.29, 0.717) is 11.3 Å². The summed E-state index contributed by atoms with van der Waals surface area (Å²) < 4.78 is 15.1. The number of carbonyl (C=O) groups excluding carboxylic acids is 3. The van der Waals surface area contributed by atoms with Crippen LogP contribution < -0.4 is 10.1 Å². The second-order valence-corrected chi connectivity index (χ2v) is 7.74. The van der Waals surface area contributed by atoms with Gasteiger partial charge >= 0.3 is 11.9 Å². The smallest absolute Gasteiger partial charge is 0.348 e. The fourth-order valence-corrected chi connectivity index (χ4v) is 4.48. The molecule has 1 N–H and O–H groups in total. The Morgan fingerprint density at radius 1 is 1.03 bits per heavy atom. The van der Waals surface area contributed by atoms with Gasteiger partial charge in [0.25, 0.3) is 5.91 Å². The molecule has 0 atom stereocenters. The highest BCUT2D eigenvalue weighted by atomic mass is 32.1. The summed E-state index contributed by atoms with van der Waals surface area (Å²) in [6.45, 7) is 1.39. The summed E-state index contributed by atoms with van der Waals surface area (Å²) in [5.74, 6) is -1.03. The van der Waals surface area contributed by atoms with Crippen molar-refractivity contribution in [1.82, 2.24) is 0 Å². The number of carbonyl (C=O) groups is 3. The van der Waals surface area contributed by atoms with Crippen LogP contribution in [0.15, 0.2) is 18.2 Å². The lowest BCUT2D eigenvalue weighted by atomic mass is 9.92. The van der Waals surface area contributed by atoms with Crippen LogP contribution >= 0.6 is 11.3 Å². The summed E-state index contributed by atoms with van der Waals surface area (Å²) >= 11 is 0.968. The third-order valence-electron chi connectivity index (χ3n) is 4.85. The van der Waals surface area contributed by atoms with E-state index in [-0.39, 0.29) is 22.0 Å². The lowest BCUT2D eigenvalue weighted by molar-refractivity contribution is -0.118. The highest BCUT2D eigenvalue weighted by molar-refractivity contribution is 7.18. The quantitative estimate of drug-likeness (QED) is 0.723. The predicted octanol–water partition coefficient (Wildman–Crippen LogP) is 3.53. The van der Waals surface area contributed by atoms with Crippen molar-refractivity contribution in [3.05, 3.63) is 45.3 Å². The number of hydrogen-bond acceptors (Lipinski definition) is 7. The van der Waals surface area contributed by atoms with Gasteiger partial charge < -0.3 is 19.5 Å². The maximum Gasteiger partial charge on any atom is 0.348 e. The average Bonchev–Trinajstić information content (AvgIpc) is 3.06. The van der Waals surface area contributed by atoms with Crippen LogP contribution in [-0.2, 0) is 27.1 Å². The Hall–Kier alpha value is -2.87. The van der Waals surface area contributed by atoms with Gasteiger partial charge in [-0.3, -0.25) is 4.79 Å². The number of methoxy groups -OCH3 is 2. The zero-order valence-electron chi connectivity index (χ0n) is 16.6. The van der Waals surface area contributed by atoms with E-state index >= 15 is 0 Å². The van der Waals surface area contributed by atoms with Gasteiger partial charge in [0, 0.05) is 0 Å². The molecule has 1 aromatic carbocycles. The molecule has 7 nitrogen and oxygen atoms in total. The normalized spacial score (nSPS) is 12.7. The van der Waals surface area contributed by atoms with E-state index in [4.69, 9.17) is 14.2 Å².